The minimum absolute atomic E-state index is 0.325. The van der Waals surface area contributed by atoms with Gasteiger partial charge in [-0.3, -0.25) is 0 Å². The van der Waals surface area contributed by atoms with Gasteiger partial charge in [-0.1, -0.05) is 18.2 Å². The topological polar surface area (TPSA) is 18.5 Å². The Labute approximate surface area is 91.2 Å². The smallest absolute Gasteiger partial charge is 0.119 e. The highest BCUT2D eigenvalue weighted by Gasteiger charge is 2.22. The highest BCUT2D eigenvalue weighted by atomic mass is 16.5. The largest absolute Gasteiger partial charge is 0.490 e. The van der Waals surface area contributed by atoms with E-state index in [0.717, 1.165) is 18.6 Å². The molecule has 0 radical (unpaired) electrons. The van der Waals surface area contributed by atoms with Crippen LogP contribution in [-0.2, 0) is 4.74 Å². The zero-order valence-electron chi connectivity index (χ0n) is 9.19. The van der Waals surface area contributed by atoms with Gasteiger partial charge in [-0.15, -0.1) is 0 Å². The number of hydrogen-bond acceptors (Lipinski definition) is 2. The molecule has 1 aromatic carbocycles. The molecule has 0 aliphatic heterocycles. The van der Waals surface area contributed by atoms with E-state index in [-0.39, 0.29) is 0 Å². The van der Waals surface area contributed by atoms with Gasteiger partial charge in [-0.2, -0.15) is 0 Å². The molecule has 1 saturated carbocycles. The fourth-order valence-corrected chi connectivity index (χ4v) is 2.11. The highest BCUT2D eigenvalue weighted by Crippen LogP contribution is 2.24. The Kier molecular flexibility index (Phi) is 3.62. The summed E-state index contributed by atoms with van der Waals surface area (Å²) in [6, 6.07) is 10.0. The predicted octanol–water partition coefficient (Wildman–Crippen LogP) is 3.02. The molecule has 2 nitrogen and oxygen atoms in total. The number of methoxy groups -OCH3 is 1. The van der Waals surface area contributed by atoms with Crippen LogP contribution >= 0.6 is 0 Å². The van der Waals surface area contributed by atoms with Gasteiger partial charge in [0.2, 0.25) is 0 Å². The lowest BCUT2D eigenvalue weighted by Gasteiger charge is -2.28. The van der Waals surface area contributed by atoms with Crippen LogP contribution in [0.5, 0.6) is 5.75 Å². The van der Waals surface area contributed by atoms with Crippen LogP contribution in [0.2, 0.25) is 0 Å². The zero-order valence-corrected chi connectivity index (χ0v) is 9.19. The van der Waals surface area contributed by atoms with Gasteiger partial charge in [-0.05, 0) is 31.4 Å². The lowest BCUT2D eigenvalue weighted by Crippen LogP contribution is -2.29. The third-order valence-electron chi connectivity index (χ3n) is 2.96. The van der Waals surface area contributed by atoms with Crippen molar-refractivity contribution in [1.82, 2.24) is 0 Å². The van der Waals surface area contributed by atoms with Crippen LogP contribution in [0.3, 0.4) is 0 Å². The van der Waals surface area contributed by atoms with Gasteiger partial charge in [-0.25, -0.2) is 0 Å². The van der Waals surface area contributed by atoms with Crippen LogP contribution in [0.25, 0.3) is 0 Å². The first-order valence-electron chi connectivity index (χ1n) is 5.63. The Balaban J connectivity index is 1.89. The first-order valence-corrected chi connectivity index (χ1v) is 5.63. The Hall–Kier alpha value is -1.02. The Morgan fingerprint density at radius 1 is 1.07 bits per heavy atom. The molecule has 0 saturated heterocycles. The molecule has 0 bridgehead atoms. The third kappa shape index (κ3) is 2.96. The van der Waals surface area contributed by atoms with E-state index >= 15 is 0 Å². The fourth-order valence-electron chi connectivity index (χ4n) is 2.11. The average Bonchev–Trinajstić information content (AvgIpc) is 2.31. The molecular formula is C13H18O2. The van der Waals surface area contributed by atoms with Crippen molar-refractivity contribution in [3.8, 4) is 5.75 Å². The van der Waals surface area contributed by atoms with Crippen molar-refractivity contribution < 1.29 is 9.47 Å². The first kappa shape index (κ1) is 10.5. The monoisotopic (exact) mass is 206 g/mol. The van der Waals surface area contributed by atoms with Gasteiger partial charge in [0.25, 0.3) is 0 Å². The molecule has 0 amide bonds. The fraction of sp³-hybridized carbons (Fsp3) is 0.538. The molecule has 1 aromatic rings. The summed E-state index contributed by atoms with van der Waals surface area (Å²) in [6.07, 6.45) is 5.25. The van der Waals surface area contributed by atoms with Crippen molar-refractivity contribution in [3.63, 3.8) is 0 Å². The molecule has 0 aromatic heterocycles. The maximum Gasteiger partial charge on any atom is 0.119 e. The van der Waals surface area contributed by atoms with Gasteiger partial charge in [0.15, 0.2) is 0 Å². The second kappa shape index (κ2) is 5.17. The van der Waals surface area contributed by atoms with Crippen LogP contribution in [0, 0.1) is 0 Å². The molecule has 1 fully saturated rings. The summed E-state index contributed by atoms with van der Waals surface area (Å²) in [7, 11) is 1.79. The van der Waals surface area contributed by atoms with E-state index in [4.69, 9.17) is 9.47 Å². The Bertz CT molecular complexity index is 284. The molecule has 1 aliphatic rings. The van der Waals surface area contributed by atoms with Crippen LogP contribution in [-0.4, -0.2) is 19.3 Å². The summed E-state index contributed by atoms with van der Waals surface area (Å²) in [5.74, 6) is 0.972. The SMILES string of the molecule is COC1CCCC(Oc2ccccc2)C1. The predicted molar refractivity (Wildman–Crippen MR) is 60.1 cm³/mol. The molecule has 2 heteroatoms. The maximum absolute atomic E-state index is 5.91. The minimum atomic E-state index is 0.325. The standard InChI is InChI=1S/C13H18O2/c1-14-12-8-5-9-13(10-12)15-11-6-3-2-4-7-11/h2-4,6-7,12-13H,5,8-10H2,1H3. The number of benzene rings is 1. The van der Waals surface area contributed by atoms with Crippen LogP contribution in [0.4, 0.5) is 0 Å². The van der Waals surface area contributed by atoms with Crippen LogP contribution in [0.1, 0.15) is 25.7 Å². The molecular weight excluding hydrogens is 188 g/mol. The summed E-state index contributed by atoms with van der Waals surface area (Å²) in [5.41, 5.74) is 0. The van der Waals surface area contributed by atoms with E-state index in [1.807, 2.05) is 30.3 Å². The van der Waals surface area contributed by atoms with E-state index in [0.29, 0.717) is 12.2 Å². The first-order chi connectivity index (χ1) is 7.38. The van der Waals surface area contributed by atoms with Crippen molar-refractivity contribution >= 4 is 0 Å². The molecule has 2 rings (SSSR count). The number of rotatable bonds is 3. The zero-order chi connectivity index (χ0) is 10.5. The van der Waals surface area contributed by atoms with Gasteiger partial charge in [0, 0.05) is 13.5 Å². The highest BCUT2D eigenvalue weighted by molar-refractivity contribution is 5.21. The Morgan fingerprint density at radius 3 is 2.53 bits per heavy atom. The van der Waals surface area contributed by atoms with E-state index in [1.165, 1.54) is 12.8 Å². The molecule has 2 atom stereocenters. The summed E-state index contributed by atoms with van der Waals surface area (Å²) >= 11 is 0. The molecule has 0 heterocycles. The van der Waals surface area contributed by atoms with Crippen LogP contribution < -0.4 is 4.74 Å². The van der Waals surface area contributed by atoms with Crippen molar-refractivity contribution in [2.75, 3.05) is 7.11 Å². The average molecular weight is 206 g/mol. The van der Waals surface area contributed by atoms with Gasteiger partial charge >= 0.3 is 0 Å². The number of para-hydroxylation sites is 1. The maximum atomic E-state index is 5.91. The second-order valence-corrected chi connectivity index (χ2v) is 4.08. The number of ether oxygens (including phenoxy) is 2. The van der Waals surface area contributed by atoms with Gasteiger partial charge in [0.05, 0.1) is 6.10 Å². The van der Waals surface area contributed by atoms with Crippen molar-refractivity contribution in [2.24, 2.45) is 0 Å². The lowest BCUT2D eigenvalue weighted by molar-refractivity contribution is 0.0210. The molecule has 82 valence electrons. The van der Waals surface area contributed by atoms with Crippen molar-refractivity contribution in [3.05, 3.63) is 30.3 Å². The normalized spacial score (nSPS) is 26.2. The van der Waals surface area contributed by atoms with E-state index in [9.17, 15) is 0 Å². The number of hydrogen-bond donors (Lipinski definition) is 0. The summed E-state index contributed by atoms with van der Waals surface area (Å²) in [4.78, 5) is 0. The van der Waals surface area contributed by atoms with Crippen molar-refractivity contribution in [2.45, 2.75) is 37.9 Å². The lowest BCUT2D eigenvalue weighted by atomic mass is 9.95. The molecule has 2 unspecified atom stereocenters. The summed E-state index contributed by atoms with van der Waals surface area (Å²) in [6.45, 7) is 0. The second-order valence-electron chi connectivity index (χ2n) is 4.08. The summed E-state index contributed by atoms with van der Waals surface area (Å²) in [5, 5.41) is 0. The van der Waals surface area contributed by atoms with E-state index < -0.39 is 0 Å². The quantitative estimate of drug-likeness (QED) is 0.756. The molecule has 0 N–H and O–H groups in total. The molecule has 15 heavy (non-hydrogen) atoms. The molecule has 1 aliphatic carbocycles. The van der Waals surface area contributed by atoms with E-state index in [2.05, 4.69) is 0 Å². The van der Waals surface area contributed by atoms with Gasteiger partial charge in [0.1, 0.15) is 11.9 Å². The van der Waals surface area contributed by atoms with Gasteiger partial charge < -0.3 is 9.47 Å². The minimum Gasteiger partial charge on any atom is -0.490 e. The van der Waals surface area contributed by atoms with Crippen molar-refractivity contribution in [1.29, 1.82) is 0 Å². The van der Waals surface area contributed by atoms with E-state index in [1.54, 1.807) is 7.11 Å². The third-order valence-corrected chi connectivity index (χ3v) is 2.96. The Morgan fingerprint density at radius 2 is 1.80 bits per heavy atom. The van der Waals surface area contributed by atoms with Crippen LogP contribution in [0.15, 0.2) is 30.3 Å². The molecule has 0 spiro atoms. The summed E-state index contributed by atoms with van der Waals surface area (Å²) < 4.78 is 11.3.